The normalized spacial score (nSPS) is 31.2. The Balaban J connectivity index is 2.06. The van der Waals surface area contributed by atoms with Gasteiger partial charge in [0.15, 0.2) is 0 Å². The summed E-state index contributed by atoms with van der Waals surface area (Å²) in [6, 6.07) is 0.604. The molecule has 1 saturated carbocycles. The molecule has 1 fully saturated rings. The molecular weight excluding hydrogens is 156 g/mol. The van der Waals surface area contributed by atoms with Crippen molar-refractivity contribution >= 4 is 0 Å². The predicted molar refractivity (Wildman–Crippen MR) is 46.6 cm³/mol. The van der Waals surface area contributed by atoms with Gasteiger partial charge in [0.2, 0.25) is 0 Å². The molecule has 0 radical (unpaired) electrons. The van der Waals surface area contributed by atoms with Crippen molar-refractivity contribution < 1.29 is 9.94 Å². The Morgan fingerprint density at radius 2 is 2.25 bits per heavy atom. The zero-order valence-electron chi connectivity index (χ0n) is 7.71. The molecule has 0 aromatic carbocycles. The first-order valence-corrected chi connectivity index (χ1v) is 4.39. The van der Waals surface area contributed by atoms with E-state index >= 15 is 0 Å². The summed E-state index contributed by atoms with van der Waals surface area (Å²) in [5.41, 5.74) is 2.66. The van der Waals surface area contributed by atoms with Crippen molar-refractivity contribution in [2.45, 2.75) is 25.0 Å². The van der Waals surface area contributed by atoms with Crippen LogP contribution in [0.15, 0.2) is 0 Å². The summed E-state index contributed by atoms with van der Waals surface area (Å²) in [6.07, 6.45) is 1.88. The lowest BCUT2D eigenvalue weighted by Crippen LogP contribution is -2.46. The van der Waals surface area contributed by atoms with E-state index in [-0.39, 0.29) is 6.10 Å². The van der Waals surface area contributed by atoms with E-state index < -0.39 is 0 Å². The molecular formula is C8H18N2O2. The quantitative estimate of drug-likeness (QED) is 0.492. The number of hydroxylamine groups is 1. The van der Waals surface area contributed by atoms with Crippen molar-refractivity contribution in [2.24, 2.45) is 5.92 Å². The van der Waals surface area contributed by atoms with E-state index in [1.807, 2.05) is 7.05 Å². The highest BCUT2D eigenvalue weighted by Gasteiger charge is 2.32. The van der Waals surface area contributed by atoms with Gasteiger partial charge >= 0.3 is 0 Å². The highest BCUT2D eigenvalue weighted by Crippen LogP contribution is 2.29. The largest absolute Gasteiger partial charge is 0.391 e. The maximum Gasteiger partial charge on any atom is 0.0717 e. The Labute approximate surface area is 73.2 Å². The molecule has 4 nitrogen and oxygen atoms in total. The molecule has 1 aliphatic carbocycles. The third kappa shape index (κ3) is 2.42. The second kappa shape index (κ2) is 4.77. The molecule has 0 aliphatic heterocycles. The Hall–Kier alpha value is -0.160. The SMILES string of the molecule is CNC1CC(C(O)CNOC)C1. The van der Waals surface area contributed by atoms with E-state index in [0.717, 1.165) is 12.8 Å². The standard InChI is InChI=1S/C8H18N2O2/c1-9-7-3-6(4-7)8(11)5-10-12-2/h6-11H,3-5H2,1-2H3. The molecule has 1 aliphatic rings. The molecule has 0 bridgehead atoms. The maximum atomic E-state index is 9.54. The molecule has 72 valence electrons. The fourth-order valence-electron chi connectivity index (χ4n) is 1.55. The number of aliphatic hydroxyl groups excluding tert-OH is 1. The Kier molecular flexibility index (Phi) is 3.94. The molecule has 4 heteroatoms. The number of rotatable bonds is 5. The monoisotopic (exact) mass is 174 g/mol. The maximum absolute atomic E-state index is 9.54. The lowest BCUT2D eigenvalue weighted by atomic mass is 9.77. The minimum Gasteiger partial charge on any atom is -0.391 e. The number of hydrogen-bond acceptors (Lipinski definition) is 4. The highest BCUT2D eigenvalue weighted by atomic mass is 16.6. The minimum atomic E-state index is -0.269. The van der Waals surface area contributed by atoms with Crippen LogP contribution in [-0.2, 0) is 4.84 Å². The summed E-state index contributed by atoms with van der Waals surface area (Å²) >= 11 is 0. The van der Waals surface area contributed by atoms with Crippen molar-refractivity contribution in [3.05, 3.63) is 0 Å². The molecule has 0 spiro atoms. The second-order valence-electron chi connectivity index (χ2n) is 3.34. The summed E-state index contributed by atoms with van der Waals surface area (Å²) in [4.78, 5) is 4.66. The average Bonchev–Trinajstić information content (AvgIpc) is 1.99. The Morgan fingerprint density at radius 1 is 1.58 bits per heavy atom. The topological polar surface area (TPSA) is 53.5 Å². The van der Waals surface area contributed by atoms with Crippen molar-refractivity contribution in [1.82, 2.24) is 10.8 Å². The van der Waals surface area contributed by atoms with Gasteiger partial charge in [-0.05, 0) is 25.8 Å². The number of hydrogen-bond donors (Lipinski definition) is 3. The summed E-state index contributed by atoms with van der Waals surface area (Å²) < 4.78 is 0. The fourth-order valence-corrected chi connectivity index (χ4v) is 1.55. The zero-order valence-corrected chi connectivity index (χ0v) is 7.71. The summed E-state index contributed by atoms with van der Waals surface area (Å²) in [5, 5.41) is 12.7. The highest BCUT2D eigenvalue weighted by molar-refractivity contribution is 4.88. The smallest absolute Gasteiger partial charge is 0.0717 e. The van der Waals surface area contributed by atoms with Crippen LogP contribution in [-0.4, -0.2) is 38.0 Å². The molecule has 0 amide bonds. The van der Waals surface area contributed by atoms with E-state index in [4.69, 9.17) is 0 Å². The molecule has 3 N–H and O–H groups in total. The molecule has 0 aromatic heterocycles. The minimum absolute atomic E-state index is 0.269. The zero-order chi connectivity index (χ0) is 8.97. The predicted octanol–water partition coefficient (Wildman–Crippen LogP) is -0.504. The molecule has 0 aromatic rings. The van der Waals surface area contributed by atoms with E-state index in [9.17, 15) is 5.11 Å². The lowest BCUT2D eigenvalue weighted by Gasteiger charge is -2.38. The molecule has 1 rings (SSSR count). The Bertz CT molecular complexity index is 123. The van der Waals surface area contributed by atoms with Crippen LogP contribution in [0.25, 0.3) is 0 Å². The van der Waals surface area contributed by atoms with Gasteiger partial charge in [-0.25, -0.2) is 5.48 Å². The third-order valence-electron chi connectivity index (χ3n) is 2.56. The molecule has 0 heterocycles. The fraction of sp³-hybridized carbons (Fsp3) is 1.00. The van der Waals surface area contributed by atoms with Crippen molar-refractivity contribution in [3.63, 3.8) is 0 Å². The van der Waals surface area contributed by atoms with Crippen LogP contribution in [0.2, 0.25) is 0 Å². The van der Waals surface area contributed by atoms with E-state index in [1.54, 1.807) is 7.11 Å². The van der Waals surface area contributed by atoms with Crippen molar-refractivity contribution in [1.29, 1.82) is 0 Å². The van der Waals surface area contributed by atoms with Gasteiger partial charge in [-0.3, -0.25) is 0 Å². The van der Waals surface area contributed by atoms with Gasteiger partial charge in [-0.1, -0.05) is 0 Å². The van der Waals surface area contributed by atoms with Gasteiger partial charge in [-0.2, -0.15) is 0 Å². The first-order chi connectivity index (χ1) is 5.77. The van der Waals surface area contributed by atoms with Crippen LogP contribution in [0.4, 0.5) is 0 Å². The van der Waals surface area contributed by atoms with E-state index in [1.165, 1.54) is 0 Å². The van der Waals surface area contributed by atoms with Crippen LogP contribution in [0, 0.1) is 5.92 Å². The Morgan fingerprint density at radius 3 is 2.75 bits per heavy atom. The van der Waals surface area contributed by atoms with Gasteiger partial charge < -0.3 is 15.3 Å². The van der Waals surface area contributed by atoms with Gasteiger partial charge in [-0.15, -0.1) is 0 Å². The second-order valence-corrected chi connectivity index (χ2v) is 3.34. The van der Waals surface area contributed by atoms with E-state index in [0.29, 0.717) is 18.5 Å². The van der Waals surface area contributed by atoms with Gasteiger partial charge in [0, 0.05) is 12.6 Å². The van der Waals surface area contributed by atoms with Gasteiger partial charge in [0.05, 0.1) is 13.2 Å². The average molecular weight is 174 g/mol. The first-order valence-electron chi connectivity index (χ1n) is 4.39. The molecule has 12 heavy (non-hydrogen) atoms. The summed E-state index contributed by atoms with van der Waals surface area (Å²) in [6.45, 7) is 0.525. The van der Waals surface area contributed by atoms with Gasteiger partial charge in [0.1, 0.15) is 0 Å². The summed E-state index contributed by atoms with van der Waals surface area (Å²) in [5.74, 6) is 0.435. The third-order valence-corrected chi connectivity index (χ3v) is 2.56. The van der Waals surface area contributed by atoms with Crippen LogP contribution in [0.3, 0.4) is 0 Å². The van der Waals surface area contributed by atoms with Crippen LogP contribution >= 0.6 is 0 Å². The van der Waals surface area contributed by atoms with Crippen LogP contribution < -0.4 is 10.8 Å². The van der Waals surface area contributed by atoms with E-state index in [2.05, 4.69) is 15.6 Å². The molecule has 1 unspecified atom stereocenters. The van der Waals surface area contributed by atoms with Crippen LogP contribution in [0.1, 0.15) is 12.8 Å². The van der Waals surface area contributed by atoms with Crippen molar-refractivity contribution in [3.8, 4) is 0 Å². The summed E-state index contributed by atoms with van der Waals surface area (Å²) in [7, 11) is 3.52. The number of nitrogens with one attached hydrogen (secondary N) is 2. The first kappa shape index (κ1) is 9.92. The number of aliphatic hydroxyl groups is 1. The van der Waals surface area contributed by atoms with Crippen molar-refractivity contribution in [2.75, 3.05) is 20.7 Å². The molecule has 0 saturated heterocycles. The van der Waals surface area contributed by atoms with Gasteiger partial charge in [0.25, 0.3) is 0 Å². The van der Waals surface area contributed by atoms with Crippen LogP contribution in [0.5, 0.6) is 0 Å². The lowest BCUT2D eigenvalue weighted by molar-refractivity contribution is -0.000620. The molecule has 1 atom stereocenters.